The van der Waals surface area contributed by atoms with Crippen molar-refractivity contribution in [1.29, 1.82) is 0 Å². The Morgan fingerprint density at radius 2 is 1.52 bits per heavy atom. The molecule has 0 aliphatic carbocycles. The van der Waals surface area contributed by atoms with E-state index in [1.165, 1.54) is 23.6 Å². The number of halogens is 2. The number of piperidine rings is 1. The van der Waals surface area contributed by atoms with Crippen LogP contribution in [0.3, 0.4) is 0 Å². The number of nitrogens with zero attached hydrogens (tertiary/aromatic N) is 3. The molecule has 4 aliphatic heterocycles. The maximum Gasteiger partial charge on any atom is 0.329 e. The summed E-state index contributed by atoms with van der Waals surface area (Å²) in [6.45, 7) is 4.71. The van der Waals surface area contributed by atoms with Gasteiger partial charge in [-0.25, -0.2) is 18.4 Å². The van der Waals surface area contributed by atoms with Gasteiger partial charge in [-0.05, 0) is 82.7 Å². The van der Waals surface area contributed by atoms with E-state index < -0.39 is 108 Å². The Labute approximate surface area is 334 Å². The third-order valence-corrected chi connectivity index (χ3v) is 11.1. The molecule has 58 heavy (non-hydrogen) atoms. The van der Waals surface area contributed by atoms with Crippen molar-refractivity contribution in [3.63, 3.8) is 0 Å². The monoisotopic (exact) mass is 809 g/mol. The van der Waals surface area contributed by atoms with Gasteiger partial charge in [0.2, 0.25) is 29.5 Å². The van der Waals surface area contributed by atoms with Crippen LogP contribution in [0.5, 0.6) is 0 Å². The molecule has 2 aromatic rings. The highest BCUT2D eigenvalue weighted by molar-refractivity contribution is 5.98. The van der Waals surface area contributed by atoms with E-state index >= 15 is 0 Å². The number of esters is 1. The molecule has 312 valence electrons. The van der Waals surface area contributed by atoms with E-state index in [1.807, 2.05) is 6.92 Å². The zero-order chi connectivity index (χ0) is 41.8. The van der Waals surface area contributed by atoms with Crippen LogP contribution >= 0.6 is 0 Å². The van der Waals surface area contributed by atoms with Gasteiger partial charge in [-0.1, -0.05) is 17.7 Å². The average Bonchev–Trinajstić information content (AvgIpc) is 3.83. The number of anilines is 1. The van der Waals surface area contributed by atoms with E-state index in [4.69, 9.17) is 4.74 Å². The fraction of sp³-hybridized carbons (Fsp3) is 0.525. The van der Waals surface area contributed by atoms with Crippen molar-refractivity contribution in [3.05, 3.63) is 65.2 Å². The lowest BCUT2D eigenvalue weighted by Gasteiger charge is -2.39. The molecule has 0 radical (unpaired) electrons. The van der Waals surface area contributed by atoms with Crippen LogP contribution in [-0.2, 0) is 39.9 Å². The molecule has 4 fully saturated rings. The Morgan fingerprint density at radius 3 is 2.22 bits per heavy atom. The van der Waals surface area contributed by atoms with Gasteiger partial charge >= 0.3 is 12.0 Å². The number of hydrogen-bond acceptors (Lipinski definition) is 9. The number of amides is 7. The molecule has 0 saturated carbocycles. The van der Waals surface area contributed by atoms with E-state index in [0.29, 0.717) is 37.4 Å². The minimum Gasteiger partial charge on any atom is -0.458 e. The molecular weight excluding hydrogens is 760 g/mol. The Bertz CT molecular complexity index is 1910. The van der Waals surface area contributed by atoms with Crippen molar-refractivity contribution in [2.24, 2.45) is 0 Å². The van der Waals surface area contributed by atoms with Crippen LogP contribution in [0, 0.1) is 18.6 Å². The van der Waals surface area contributed by atoms with Crippen molar-refractivity contribution in [3.8, 4) is 0 Å². The van der Waals surface area contributed by atoms with Crippen LogP contribution in [0.1, 0.15) is 63.5 Å². The summed E-state index contributed by atoms with van der Waals surface area (Å²) in [5.74, 6) is -6.38. The van der Waals surface area contributed by atoms with Crippen LogP contribution < -0.4 is 21.3 Å². The SMILES string of the molecule is Cc1ccc(NC(=O)NC(Cc2cc(F)cc(F)c2)C(=O)NC2C(=O)N3CCCC3C(=O)N3CCCCC3C(=O)NC(C)C(=O)N3CC(O)CC3C(=O)OC2C)cc1. The van der Waals surface area contributed by atoms with Gasteiger partial charge in [0.15, 0.2) is 0 Å². The predicted octanol–water partition coefficient (Wildman–Crippen LogP) is 1.27. The summed E-state index contributed by atoms with van der Waals surface area (Å²) in [6, 6.07) is 0.882. The smallest absolute Gasteiger partial charge is 0.329 e. The molecule has 0 spiro atoms. The first-order valence-corrected chi connectivity index (χ1v) is 19.6. The van der Waals surface area contributed by atoms with Crippen LogP contribution in [0.25, 0.3) is 0 Å². The van der Waals surface area contributed by atoms with Crippen LogP contribution in [-0.4, -0.2) is 129 Å². The van der Waals surface area contributed by atoms with Gasteiger partial charge in [0.25, 0.3) is 0 Å². The molecule has 0 aromatic heterocycles. The number of aliphatic hydroxyl groups is 1. The van der Waals surface area contributed by atoms with Gasteiger partial charge in [-0.15, -0.1) is 0 Å². The lowest BCUT2D eigenvalue weighted by molar-refractivity contribution is -0.163. The molecule has 4 heterocycles. The van der Waals surface area contributed by atoms with Crippen molar-refractivity contribution < 1.29 is 52.2 Å². The number of carbonyl (C=O) groups excluding carboxylic acids is 7. The maximum absolute atomic E-state index is 14.6. The number of urea groups is 1. The van der Waals surface area contributed by atoms with Crippen molar-refractivity contribution >= 4 is 47.2 Å². The largest absolute Gasteiger partial charge is 0.458 e. The molecule has 5 N–H and O–H groups in total. The summed E-state index contributed by atoms with van der Waals surface area (Å²) >= 11 is 0. The fourth-order valence-electron chi connectivity index (χ4n) is 8.13. The van der Waals surface area contributed by atoms with Crippen LogP contribution in [0.2, 0.25) is 0 Å². The topological polar surface area (TPSA) is 207 Å². The maximum atomic E-state index is 14.6. The van der Waals surface area contributed by atoms with Gasteiger partial charge in [0.1, 0.15) is 54.0 Å². The molecule has 0 bridgehead atoms. The van der Waals surface area contributed by atoms with Gasteiger partial charge < -0.3 is 45.8 Å². The number of fused-ring (bicyclic) bond motifs is 3. The van der Waals surface area contributed by atoms with E-state index in [-0.39, 0.29) is 38.0 Å². The Balaban J connectivity index is 1.34. The summed E-state index contributed by atoms with van der Waals surface area (Å²) in [5, 5.41) is 20.9. The highest BCUT2D eigenvalue weighted by Gasteiger charge is 2.47. The second kappa shape index (κ2) is 17.9. The number of rotatable bonds is 6. The molecule has 16 nitrogen and oxygen atoms in total. The molecular formula is C40H49F2N7O9. The second-order valence-corrected chi connectivity index (χ2v) is 15.5. The number of aryl methyl sites for hydroxylation is 1. The van der Waals surface area contributed by atoms with Crippen molar-refractivity contribution in [1.82, 2.24) is 30.7 Å². The Morgan fingerprint density at radius 1 is 0.862 bits per heavy atom. The number of cyclic esters (lactones) is 1. The minimum absolute atomic E-state index is 0.00110. The molecule has 6 rings (SSSR count). The number of ether oxygens (including phenoxy) is 1. The number of carbonyl (C=O) groups is 7. The number of hydrogen-bond donors (Lipinski definition) is 5. The zero-order valence-corrected chi connectivity index (χ0v) is 32.5. The molecule has 2 aromatic carbocycles. The minimum atomic E-state index is -1.68. The lowest BCUT2D eigenvalue weighted by atomic mass is 9.99. The van der Waals surface area contributed by atoms with E-state index in [0.717, 1.165) is 22.6 Å². The molecule has 8 unspecified atom stereocenters. The van der Waals surface area contributed by atoms with Crippen molar-refractivity contribution in [2.75, 3.05) is 25.0 Å². The van der Waals surface area contributed by atoms with Gasteiger partial charge in [0.05, 0.1) is 6.10 Å². The van der Waals surface area contributed by atoms with Gasteiger partial charge in [0, 0.05) is 44.2 Å². The predicted molar refractivity (Wildman–Crippen MR) is 202 cm³/mol. The highest BCUT2D eigenvalue weighted by Crippen LogP contribution is 2.28. The summed E-state index contributed by atoms with van der Waals surface area (Å²) in [6.07, 6.45) is -1.01. The van der Waals surface area contributed by atoms with Gasteiger partial charge in [-0.2, -0.15) is 0 Å². The molecule has 4 aliphatic rings. The standard InChI is InChI=1S/C40H49F2N7O9/c1-21-9-11-27(12-10-21)44-40(57)45-29(17-24-15-25(41)18-26(42)16-24)34(51)46-33-23(3)58-39(56)32-19-28(50)20-49(32)36(53)22(2)43-35(52)30-7-4-5-13-47(30)37(54)31-8-6-14-48(31)38(33)55/h9-12,15-16,18,22-23,28-33,50H,4-8,13-14,17,19-20H2,1-3H3,(H,43,52)(H,46,51)(H2,44,45,57). The number of aliphatic hydroxyl groups excluding tert-OH is 1. The van der Waals surface area contributed by atoms with E-state index in [2.05, 4.69) is 21.3 Å². The Kier molecular flexibility index (Phi) is 12.9. The zero-order valence-electron chi connectivity index (χ0n) is 32.5. The molecule has 4 saturated heterocycles. The number of nitrogens with one attached hydrogen (secondary N) is 4. The first-order valence-electron chi connectivity index (χ1n) is 19.6. The van der Waals surface area contributed by atoms with E-state index in [9.17, 15) is 47.4 Å². The molecule has 8 atom stereocenters. The third-order valence-electron chi connectivity index (χ3n) is 11.1. The van der Waals surface area contributed by atoms with E-state index in [1.54, 1.807) is 24.3 Å². The summed E-state index contributed by atoms with van der Waals surface area (Å²) < 4.78 is 34.4. The van der Waals surface area contributed by atoms with Gasteiger partial charge in [-0.3, -0.25) is 24.0 Å². The highest BCUT2D eigenvalue weighted by atomic mass is 19.1. The molecule has 18 heteroatoms. The fourth-order valence-corrected chi connectivity index (χ4v) is 8.13. The summed E-state index contributed by atoms with van der Waals surface area (Å²) in [5.41, 5.74) is 1.30. The number of benzene rings is 2. The van der Waals surface area contributed by atoms with Crippen LogP contribution in [0.4, 0.5) is 19.3 Å². The van der Waals surface area contributed by atoms with Crippen LogP contribution in [0.15, 0.2) is 42.5 Å². The average molecular weight is 810 g/mol. The third kappa shape index (κ3) is 9.54. The normalized spacial score (nSPS) is 27.5. The quantitative estimate of drug-likeness (QED) is 0.266. The first kappa shape index (κ1) is 42.0. The summed E-state index contributed by atoms with van der Waals surface area (Å²) in [7, 11) is 0. The first-order chi connectivity index (χ1) is 27.6. The summed E-state index contributed by atoms with van der Waals surface area (Å²) in [4.78, 5) is 101. The lowest BCUT2D eigenvalue weighted by Crippen LogP contribution is -2.63. The Hall–Kier alpha value is -5.65. The second-order valence-electron chi connectivity index (χ2n) is 15.5. The van der Waals surface area contributed by atoms with Crippen molar-refractivity contribution in [2.45, 2.75) is 114 Å². The molecule has 7 amide bonds.